The molecule has 1 saturated heterocycles. The van der Waals surface area contributed by atoms with Gasteiger partial charge in [-0.25, -0.2) is 0 Å². The number of fused-ring (bicyclic) bond motifs is 1. The highest BCUT2D eigenvalue weighted by Gasteiger charge is 2.20. The van der Waals surface area contributed by atoms with Crippen LogP contribution in [-0.4, -0.2) is 58.6 Å². The maximum atomic E-state index is 13.4. The number of halogens is 1. The molecule has 0 radical (unpaired) electrons. The van der Waals surface area contributed by atoms with Crippen molar-refractivity contribution < 1.29 is 14.6 Å². The van der Waals surface area contributed by atoms with E-state index in [9.17, 15) is 14.7 Å². The van der Waals surface area contributed by atoms with E-state index in [0.717, 1.165) is 24.2 Å². The third-order valence-electron chi connectivity index (χ3n) is 5.60. The molecular weight excluding hydrogens is 456 g/mol. The molecule has 4 rings (SSSR count). The molecule has 2 heterocycles. The number of benzene rings is 2. The van der Waals surface area contributed by atoms with Crippen LogP contribution < -0.4 is 10.7 Å². The maximum absolute atomic E-state index is 13.4. The molecule has 0 spiro atoms. The molecule has 0 bridgehead atoms. The first kappa shape index (κ1) is 23.9. The first-order valence-electron chi connectivity index (χ1n) is 10.9. The summed E-state index contributed by atoms with van der Waals surface area (Å²) in [6, 6.07) is 10.8. The van der Waals surface area contributed by atoms with Crippen molar-refractivity contribution in [1.82, 2.24) is 20.0 Å². The van der Waals surface area contributed by atoms with Gasteiger partial charge in [-0.15, -0.1) is 0 Å². The van der Waals surface area contributed by atoms with Crippen LogP contribution in [0, 0.1) is 11.8 Å². The van der Waals surface area contributed by atoms with Crippen molar-refractivity contribution in [1.29, 1.82) is 0 Å². The zero-order valence-electron chi connectivity index (χ0n) is 18.8. The van der Waals surface area contributed by atoms with E-state index in [4.69, 9.17) is 16.3 Å². The summed E-state index contributed by atoms with van der Waals surface area (Å²) < 4.78 is 6.91. The number of morpholine rings is 1. The highest BCUT2D eigenvalue weighted by molar-refractivity contribution is 6.30. The number of ether oxygens (including phenoxy) is 1. The predicted molar refractivity (Wildman–Crippen MR) is 130 cm³/mol. The Kier molecular flexibility index (Phi) is 7.60. The normalized spacial score (nSPS) is 14.0. The molecule has 0 aliphatic carbocycles. The van der Waals surface area contributed by atoms with Crippen LogP contribution in [0.5, 0.6) is 0 Å². The summed E-state index contributed by atoms with van der Waals surface area (Å²) in [5, 5.41) is 17.2. The first-order chi connectivity index (χ1) is 16.5. The molecule has 1 amide bonds. The number of rotatable bonds is 5. The number of carbonyl (C=O) groups is 1. The van der Waals surface area contributed by atoms with Gasteiger partial charge in [0, 0.05) is 38.2 Å². The minimum atomic E-state index is -0.556. The van der Waals surface area contributed by atoms with E-state index in [2.05, 4.69) is 27.2 Å². The van der Waals surface area contributed by atoms with Crippen molar-refractivity contribution in [2.75, 3.05) is 32.9 Å². The van der Waals surface area contributed by atoms with Gasteiger partial charge in [-0.05, 0) is 35.4 Å². The second-order valence-electron chi connectivity index (χ2n) is 8.00. The molecule has 9 heteroatoms. The number of amides is 1. The molecule has 2 N–H and O–H groups in total. The van der Waals surface area contributed by atoms with Crippen LogP contribution in [0.4, 0.5) is 0 Å². The van der Waals surface area contributed by atoms with Crippen molar-refractivity contribution in [3.05, 3.63) is 74.0 Å². The molecule has 1 aromatic heterocycles. The molecule has 8 nitrogen and oxygen atoms in total. The number of aromatic nitrogens is 2. The van der Waals surface area contributed by atoms with Crippen molar-refractivity contribution in [2.45, 2.75) is 13.1 Å². The molecule has 1 aliphatic rings. The Bertz CT molecular complexity index is 1320. The fourth-order valence-electron chi connectivity index (χ4n) is 3.94. The van der Waals surface area contributed by atoms with Crippen LogP contribution >= 0.6 is 11.6 Å². The number of hydrogen-bond donors (Lipinski definition) is 2. The zero-order valence-corrected chi connectivity index (χ0v) is 19.6. The van der Waals surface area contributed by atoms with Gasteiger partial charge in [-0.1, -0.05) is 35.6 Å². The predicted octanol–water partition coefficient (Wildman–Crippen LogP) is 1.69. The first-order valence-corrected chi connectivity index (χ1v) is 11.3. The maximum Gasteiger partial charge on any atom is 0.276 e. The quantitative estimate of drug-likeness (QED) is 0.539. The number of aryl methyl sites for hydroxylation is 1. The zero-order chi connectivity index (χ0) is 24.1. The molecule has 1 aliphatic heterocycles. The lowest BCUT2D eigenvalue weighted by molar-refractivity contribution is 0.0342. The number of nitrogens with one attached hydrogen (secondary N) is 1. The molecule has 0 unspecified atom stereocenters. The number of aliphatic hydroxyl groups is 1. The van der Waals surface area contributed by atoms with Crippen molar-refractivity contribution >= 4 is 28.4 Å². The van der Waals surface area contributed by atoms with Crippen LogP contribution in [-0.2, 0) is 24.9 Å². The van der Waals surface area contributed by atoms with E-state index >= 15 is 0 Å². The standard InChI is InChI=1S/C25H25ClN4O4/c1-29-23-19(3-2-10-31)13-18(16-30-8-11-34-12-9-30)14-21(23)24(32)22(28-29)25(33)27-15-17-4-6-20(26)7-5-17/h4-7,13-14,31H,8-12,15-16H2,1H3,(H,27,33). The average molecular weight is 481 g/mol. The van der Waals surface area contributed by atoms with E-state index in [1.54, 1.807) is 37.4 Å². The summed E-state index contributed by atoms with van der Waals surface area (Å²) in [6.07, 6.45) is 0. The van der Waals surface area contributed by atoms with Crippen LogP contribution in [0.1, 0.15) is 27.2 Å². The highest BCUT2D eigenvalue weighted by atomic mass is 35.5. The Hall–Kier alpha value is -3.22. The molecule has 1 fully saturated rings. The second kappa shape index (κ2) is 10.8. The Balaban J connectivity index is 1.70. The Morgan fingerprint density at radius 1 is 1.21 bits per heavy atom. The number of hydrogen-bond acceptors (Lipinski definition) is 6. The van der Waals surface area contributed by atoms with Crippen molar-refractivity contribution in [3.63, 3.8) is 0 Å². The molecular formula is C25H25ClN4O4. The molecule has 34 heavy (non-hydrogen) atoms. The Morgan fingerprint density at radius 2 is 1.94 bits per heavy atom. The van der Waals surface area contributed by atoms with Gasteiger partial charge in [0.2, 0.25) is 5.43 Å². The fourth-order valence-corrected chi connectivity index (χ4v) is 4.07. The van der Waals surface area contributed by atoms with Crippen molar-refractivity contribution in [2.24, 2.45) is 7.05 Å². The molecule has 176 valence electrons. The summed E-state index contributed by atoms with van der Waals surface area (Å²) in [6.45, 7) is 3.47. The molecule has 3 aromatic rings. The summed E-state index contributed by atoms with van der Waals surface area (Å²) in [4.78, 5) is 28.5. The summed E-state index contributed by atoms with van der Waals surface area (Å²) in [5.74, 6) is 5.03. The Morgan fingerprint density at radius 3 is 2.65 bits per heavy atom. The van der Waals surface area contributed by atoms with Crippen LogP contribution in [0.15, 0.2) is 41.2 Å². The van der Waals surface area contributed by atoms with Gasteiger partial charge in [-0.3, -0.25) is 19.2 Å². The third kappa shape index (κ3) is 5.46. The van der Waals surface area contributed by atoms with Crippen LogP contribution in [0.2, 0.25) is 5.02 Å². The topological polar surface area (TPSA) is 96.7 Å². The van der Waals surface area contributed by atoms with Gasteiger partial charge in [0.05, 0.1) is 29.7 Å². The number of carbonyl (C=O) groups excluding carboxylic acids is 1. The highest BCUT2D eigenvalue weighted by Crippen LogP contribution is 2.20. The van der Waals surface area contributed by atoms with Gasteiger partial charge < -0.3 is 15.2 Å². The van der Waals surface area contributed by atoms with Crippen LogP contribution in [0.25, 0.3) is 10.9 Å². The van der Waals surface area contributed by atoms with Crippen LogP contribution in [0.3, 0.4) is 0 Å². The summed E-state index contributed by atoms with van der Waals surface area (Å²) >= 11 is 5.91. The van der Waals surface area contributed by atoms with Gasteiger partial charge in [0.25, 0.3) is 5.91 Å². The monoisotopic (exact) mass is 480 g/mol. The minimum Gasteiger partial charge on any atom is -0.384 e. The van der Waals surface area contributed by atoms with E-state index in [1.165, 1.54) is 4.68 Å². The lowest BCUT2D eigenvalue weighted by atomic mass is 10.0. The van der Waals surface area contributed by atoms with Gasteiger partial charge in [0.1, 0.15) is 6.61 Å². The van der Waals surface area contributed by atoms with E-state index < -0.39 is 11.3 Å². The summed E-state index contributed by atoms with van der Waals surface area (Å²) in [5.41, 5.74) is 2.20. The lowest BCUT2D eigenvalue weighted by Gasteiger charge is -2.26. The van der Waals surface area contributed by atoms with Gasteiger partial charge >= 0.3 is 0 Å². The largest absolute Gasteiger partial charge is 0.384 e. The van der Waals surface area contributed by atoms with E-state index in [1.807, 2.05) is 6.07 Å². The Labute approximate surface area is 202 Å². The smallest absolute Gasteiger partial charge is 0.276 e. The molecule has 2 aromatic carbocycles. The van der Waals surface area contributed by atoms with E-state index in [0.29, 0.717) is 41.2 Å². The number of nitrogens with zero attached hydrogens (tertiary/aromatic N) is 3. The van der Waals surface area contributed by atoms with E-state index in [-0.39, 0.29) is 18.8 Å². The lowest BCUT2D eigenvalue weighted by Crippen LogP contribution is -2.35. The SMILES string of the molecule is Cn1nc(C(=O)NCc2ccc(Cl)cc2)c(=O)c2cc(CN3CCOCC3)cc(C#CCO)c21. The number of aliphatic hydroxyl groups excluding tert-OH is 1. The third-order valence-corrected chi connectivity index (χ3v) is 5.85. The average Bonchev–Trinajstić information content (AvgIpc) is 2.84. The van der Waals surface area contributed by atoms with Gasteiger partial charge in [0.15, 0.2) is 5.69 Å². The molecule has 0 saturated carbocycles. The molecule has 0 atom stereocenters. The van der Waals surface area contributed by atoms with Gasteiger partial charge in [-0.2, -0.15) is 5.10 Å². The fraction of sp³-hybridized carbons (Fsp3) is 0.320. The summed E-state index contributed by atoms with van der Waals surface area (Å²) in [7, 11) is 1.67. The second-order valence-corrected chi connectivity index (χ2v) is 8.43. The van der Waals surface area contributed by atoms with Crippen molar-refractivity contribution in [3.8, 4) is 11.8 Å². The minimum absolute atomic E-state index is 0.187.